The molecule has 1 spiro atoms. The number of amides is 1. The van der Waals surface area contributed by atoms with Crippen LogP contribution >= 0.6 is 23.2 Å². The van der Waals surface area contributed by atoms with Crippen molar-refractivity contribution in [2.45, 2.75) is 5.79 Å². The Balaban J connectivity index is 1.54. The van der Waals surface area contributed by atoms with Gasteiger partial charge in [-0.3, -0.25) is 4.79 Å². The molecule has 2 heterocycles. The van der Waals surface area contributed by atoms with Crippen molar-refractivity contribution in [3.05, 3.63) is 58.1 Å². The second-order valence-electron chi connectivity index (χ2n) is 5.73. The van der Waals surface area contributed by atoms with Crippen LogP contribution in [0.3, 0.4) is 0 Å². The maximum absolute atomic E-state index is 12.9. The monoisotopic (exact) mass is 379 g/mol. The molecule has 0 saturated carbocycles. The average Bonchev–Trinajstić information content (AvgIpc) is 3.18. The molecule has 0 aliphatic carbocycles. The van der Waals surface area contributed by atoms with Gasteiger partial charge in [-0.1, -0.05) is 23.2 Å². The van der Waals surface area contributed by atoms with Crippen molar-refractivity contribution in [2.75, 3.05) is 31.3 Å². The maximum atomic E-state index is 12.9. The lowest BCUT2D eigenvalue weighted by Gasteiger charge is -2.22. The van der Waals surface area contributed by atoms with Gasteiger partial charge < -0.3 is 19.1 Å². The fraction of sp³-hybridized carbons (Fsp3) is 0.278. The van der Waals surface area contributed by atoms with Gasteiger partial charge in [-0.15, -0.1) is 0 Å². The summed E-state index contributed by atoms with van der Waals surface area (Å²) in [7, 11) is 0. The highest BCUT2D eigenvalue weighted by atomic mass is 35.5. The van der Waals surface area contributed by atoms with Gasteiger partial charge in [0.15, 0.2) is 0 Å². The van der Waals surface area contributed by atoms with E-state index in [1.165, 1.54) is 0 Å². The molecule has 0 radical (unpaired) electrons. The molecule has 4 rings (SSSR count). The van der Waals surface area contributed by atoms with Crippen molar-refractivity contribution >= 4 is 34.8 Å². The number of benzene rings is 2. The number of hydrogen-bond acceptors (Lipinski definition) is 4. The summed E-state index contributed by atoms with van der Waals surface area (Å²) in [5.41, 5.74) is 1.38. The summed E-state index contributed by atoms with van der Waals surface area (Å²) >= 11 is 12.0. The minimum atomic E-state index is -1.37. The van der Waals surface area contributed by atoms with Crippen molar-refractivity contribution in [1.82, 2.24) is 0 Å². The summed E-state index contributed by atoms with van der Waals surface area (Å²) in [6.45, 7) is 1.43. The van der Waals surface area contributed by atoms with E-state index < -0.39 is 5.79 Å². The zero-order chi connectivity index (χ0) is 17.4. The fourth-order valence-electron chi connectivity index (χ4n) is 3.11. The third-order valence-electron chi connectivity index (χ3n) is 4.22. The summed E-state index contributed by atoms with van der Waals surface area (Å²) < 4.78 is 17.1. The van der Waals surface area contributed by atoms with E-state index in [4.69, 9.17) is 37.4 Å². The number of fused-ring (bicyclic) bond motifs is 2. The van der Waals surface area contributed by atoms with Gasteiger partial charge in [-0.2, -0.15) is 0 Å². The molecule has 2 aromatic rings. The highest BCUT2D eigenvalue weighted by molar-refractivity contribution is 6.31. The minimum absolute atomic E-state index is 0.248. The van der Waals surface area contributed by atoms with Gasteiger partial charge in [0, 0.05) is 15.6 Å². The van der Waals surface area contributed by atoms with Gasteiger partial charge in [-0.25, -0.2) is 0 Å². The molecule has 0 unspecified atom stereocenters. The number of ether oxygens (including phenoxy) is 3. The smallest absolute Gasteiger partial charge is 0.292 e. The highest BCUT2D eigenvalue weighted by Gasteiger charge is 2.56. The van der Waals surface area contributed by atoms with Crippen molar-refractivity contribution in [3.63, 3.8) is 0 Å². The molecule has 1 amide bonds. The lowest BCUT2D eigenvalue weighted by molar-refractivity contribution is -0.180. The van der Waals surface area contributed by atoms with Crippen LogP contribution in [-0.2, 0) is 20.1 Å². The van der Waals surface area contributed by atoms with Crippen LogP contribution in [-0.4, -0.2) is 32.3 Å². The summed E-state index contributed by atoms with van der Waals surface area (Å²) in [5, 5.41) is 1.18. The van der Waals surface area contributed by atoms with E-state index in [1.54, 1.807) is 47.4 Å². The van der Waals surface area contributed by atoms with Crippen LogP contribution in [0.4, 0.5) is 5.69 Å². The van der Waals surface area contributed by atoms with E-state index in [2.05, 4.69) is 0 Å². The molecule has 5 nitrogen and oxygen atoms in total. The topological polar surface area (TPSA) is 48.0 Å². The van der Waals surface area contributed by atoms with Crippen LogP contribution in [0.1, 0.15) is 5.56 Å². The van der Waals surface area contributed by atoms with E-state index in [0.29, 0.717) is 47.7 Å². The Labute approximate surface area is 155 Å². The highest BCUT2D eigenvalue weighted by Crippen LogP contribution is 2.46. The first kappa shape index (κ1) is 16.7. The van der Waals surface area contributed by atoms with Crippen molar-refractivity contribution in [3.8, 4) is 5.75 Å². The van der Waals surface area contributed by atoms with E-state index in [1.807, 2.05) is 0 Å². The quantitative estimate of drug-likeness (QED) is 0.813. The summed E-state index contributed by atoms with van der Waals surface area (Å²) in [4.78, 5) is 14.6. The number of carbonyl (C=O) groups is 1. The number of rotatable bonds is 4. The first-order valence-corrected chi connectivity index (χ1v) is 8.64. The van der Waals surface area contributed by atoms with Gasteiger partial charge in [0.05, 0.1) is 25.4 Å². The normalized spacial score (nSPS) is 18.0. The molecule has 130 valence electrons. The molecule has 1 saturated heterocycles. The van der Waals surface area contributed by atoms with Gasteiger partial charge in [0.1, 0.15) is 12.4 Å². The summed E-state index contributed by atoms with van der Waals surface area (Å²) in [5.74, 6) is -0.932. The minimum Gasteiger partial charge on any atom is -0.492 e. The molecule has 0 bridgehead atoms. The Kier molecular flexibility index (Phi) is 4.33. The maximum Gasteiger partial charge on any atom is 0.292 e. The first-order chi connectivity index (χ1) is 12.1. The summed E-state index contributed by atoms with van der Waals surface area (Å²) in [6, 6.07) is 12.3. The Bertz CT molecular complexity index is 803. The van der Waals surface area contributed by atoms with Crippen molar-refractivity contribution < 1.29 is 19.0 Å². The molecular formula is C18H15Cl2NO4. The molecule has 1 fully saturated rings. The van der Waals surface area contributed by atoms with Gasteiger partial charge in [0.25, 0.3) is 11.7 Å². The van der Waals surface area contributed by atoms with E-state index in [-0.39, 0.29) is 5.91 Å². The zero-order valence-electron chi connectivity index (χ0n) is 13.2. The summed E-state index contributed by atoms with van der Waals surface area (Å²) in [6.07, 6.45) is 0. The second kappa shape index (κ2) is 6.50. The van der Waals surface area contributed by atoms with Gasteiger partial charge in [-0.05, 0) is 42.5 Å². The third kappa shape index (κ3) is 2.87. The van der Waals surface area contributed by atoms with E-state index in [9.17, 15) is 4.79 Å². The van der Waals surface area contributed by atoms with Crippen molar-refractivity contribution in [1.29, 1.82) is 0 Å². The molecular weight excluding hydrogens is 365 g/mol. The Morgan fingerprint density at radius 3 is 2.44 bits per heavy atom. The van der Waals surface area contributed by atoms with Crippen LogP contribution < -0.4 is 9.64 Å². The molecule has 2 aliphatic rings. The molecule has 2 aliphatic heterocycles. The van der Waals surface area contributed by atoms with E-state index in [0.717, 1.165) is 5.69 Å². The number of carbonyl (C=O) groups excluding carboxylic acids is 1. The standard InChI is InChI=1S/C18H15Cl2NO4/c19-12-1-4-14(5-2-12)23-8-7-21-16-6-3-13(20)11-15(16)18(17(21)22)24-9-10-25-18/h1-6,11H,7-10H2. The Morgan fingerprint density at radius 2 is 1.72 bits per heavy atom. The molecule has 0 aromatic heterocycles. The van der Waals surface area contributed by atoms with Crippen LogP contribution in [0.15, 0.2) is 42.5 Å². The fourth-order valence-corrected chi connectivity index (χ4v) is 3.41. The number of halogens is 2. The van der Waals surface area contributed by atoms with Crippen LogP contribution in [0.25, 0.3) is 0 Å². The van der Waals surface area contributed by atoms with Crippen LogP contribution in [0, 0.1) is 0 Å². The lowest BCUT2D eigenvalue weighted by atomic mass is 10.1. The Morgan fingerprint density at radius 1 is 1.04 bits per heavy atom. The lowest BCUT2D eigenvalue weighted by Crippen LogP contribution is -2.42. The third-order valence-corrected chi connectivity index (χ3v) is 4.71. The number of hydrogen-bond donors (Lipinski definition) is 0. The average molecular weight is 380 g/mol. The zero-order valence-corrected chi connectivity index (χ0v) is 14.7. The SMILES string of the molecule is O=C1N(CCOc2ccc(Cl)cc2)c2ccc(Cl)cc2C12OCCO2. The van der Waals surface area contributed by atoms with Crippen molar-refractivity contribution in [2.24, 2.45) is 0 Å². The second-order valence-corrected chi connectivity index (χ2v) is 6.61. The Hall–Kier alpha value is -1.79. The number of anilines is 1. The molecule has 0 N–H and O–H groups in total. The van der Waals surface area contributed by atoms with Gasteiger partial charge >= 0.3 is 0 Å². The van der Waals surface area contributed by atoms with Crippen LogP contribution in [0.2, 0.25) is 10.0 Å². The largest absolute Gasteiger partial charge is 0.492 e. The van der Waals surface area contributed by atoms with E-state index >= 15 is 0 Å². The predicted molar refractivity (Wildman–Crippen MR) is 94.3 cm³/mol. The molecule has 0 atom stereocenters. The molecule has 7 heteroatoms. The predicted octanol–water partition coefficient (Wildman–Crippen LogP) is 3.62. The van der Waals surface area contributed by atoms with Gasteiger partial charge in [0.2, 0.25) is 0 Å². The molecule has 25 heavy (non-hydrogen) atoms. The van der Waals surface area contributed by atoms with Crippen LogP contribution in [0.5, 0.6) is 5.75 Å². The molecule has 2 aromatic carbocycles. The first-order valence-electron chi connectivity index (χ1n) is 7.88. The number of nitrogens with zero attached hydrogens (tertiary/aromatic N) is 1.